The van der Waals surface area contributed by atoms with Gasteiger partial charge in [0.1, 0.15) is 0 Å². The van der Waals surface area contributed by atoms with E-state index < -0.39 is 0 Å². The molecule has 0 radical (unpaired) electrons. The van der Waals surface area contributed by atoms with Crippen molar-refractivity contribution in [2.45, 2.75) is 0 Å². The SMILES string of the molecule is [2H]c1c([2H])c(N(c2ccc(-c3ccccc3)cc2)c2ccc(-c3cccc4ccccc34)cc2)c([2H])c([2H])c1-c1ccccc1-n1c2ccccc2c2ccccc21. The highest BCUT2D eigenvalue weighted by Gasteiger charge is 2.17. The number of nitrogens with zero attached hydrogens (tertiary/aromatic N) is 2. The molecular weight excluding hydrogens is 653 g/mol. The molecule has 0 aliphatic rings. The van der Waals surface area contributed by atoms with Crippen molar-refractivity contribution >= 4 is 49.6 Å². The number of rotatable bonds is 7. The Morgan fingerprint density at radius 3 is 1.52 bits per heavy atom. The summed E-state index contributed by atoms with van der Waals surface area (Å²) >= 11 is 0. The molecule has 0 spiro atoms. The molecule has 54 heavy (non-hydrogen) atoms. The van der Waals surface area contributed by atoms with Crippen molar-refractivity contribution in [1.29, 1.82) is 0 Å². The van der Waals surface area contributed by atoms with Gasteiger partial charge >= 0.3 is 0 Å². The maximum absolute atomic E-state index is 9.66. The van der Waals surface area contributed by atoms with Crippen LogP contribution in [-0.2, 0) is 0 Å². The van der Waals surface area contributed by atoms with Gasteiger partial charge in [0.15, 0.2) is 0 Å². The van der Waals surface area contributed by atoms with E-state index in [1.165, 1.54) is 0 Å². The summed E-state index contributed by atoms with van der Waals surface area (Å²) in [7, 11) is 0. The summed E-state index contributed by atoms with van der Waals surface area (Å²) in [6, 6.07) is 64.7. The molecule has 2 nitrogen and oxygen atoms in total. The molecule has 0 N–H and O–H groups in total. The highest BCUT2D eigenvalue weighted by Crippen LogP contribution is 2.40. The fourth-order valence-electron chi connectivity index (χ4n) is 7.72. The number of anilines is 3. The van der Waals surface area contributed by atoms with Crippen molar-refractivity contribution in [2.75, 3.05) is 4.90 Å². The van der Waals surface area contributed by atoms with Crippen LogP contribution in [0.25, 0.3) is 71.6 Å². The highest BCUT2D eigenvalue weighted by atomic mass is 15.1. The Kier molecular flexibility index (Phi) is 6.84. The van der Waals surface area contributed by atoms with Crippen molar-refractivity contribution in [3.8, 4) is 39.1 Å². The molecule has 0 atom stereocenters. The Morgan fingerprint density at radius 1 is 0.333 bits per heavy atom. The lowest BCUT2D eigenvalue weighted by Crippen LogP contribution is -2.09. The summed E-state index contributed by atoms with van der Waals surface area (Å²) < 4.78 is 40.7. The van der Waals surface area contributed by atoms with E-state index >= 15 is 0 Å². The Bertz CT molecular complexity index is 3070. The van der Waals surface area contributed by atoms with Crippen molar-refractivity contribution in [3.63, 3.8) is 0 Å². The quantitative estimate of drug-likeness (QED) is 0.161. The van der Waals surface area contributed by atoms with Gasteiger partial charge in [-0.2, -0.15) is 0 Å². The van der Waals surface area contributed by atoms with Gasteiger partial charge in [0.05, 0.1) is 22.2 Å². The summed E-state index contributed by atoms with van der Waals surface area (Å²) in [5, 5.41) is 4.52. The molecule has 0 saturated heterocycles. The van der Waals surface area contributed by atoms with Gasteiger partial charge in [0.2, 0.25) is 0 Å². The van der Waals surface area contributed by atoms with E-state index in [9.17, 15) is 5.48 Å². The first-order valence-electron chi connectivity index (χ1n) is 20.2. The summed E-state index contributed by atoms with van der Waals surface area (Å²) in [5.74, 6) is 0. The Labute approximate surface area is 321 Å². The molecule has 2 heteroatoms. The minimum absolute atomic E-state index is 0.109. The van der Waals surface area contributed by atoms with Gasteiger partial charge in [-0.25, -0.2) is 0 Å². The van der Waals surface area contributed by atoms with Crippen LogP contribution in [0.3, 0.4) is 0 Å². The Morgan fingerprint density at radius 2 is 0.833 bits per heavy atom. The standard InChI is InChI=1S/C52H36N2/c1-2-13-37(14-3-1)38-25-31-42(32-26-38)53(43-33-27-40(28-34-43)46-21-12-16-39-15-4-5-17-45(39)46)44-35-29-41(30-36-44)47-18-6-9-22-50(47)54-51-23-10-7-19-48(51)49-20-8-11-24-52(49)54/h1-36H/i29D,30D,35D,36D. The Hall–Kier alpha value is -7.16. The minimum Gasteiger partial charge on any atom is -0.311 e. The first kappa shape index (κ1) is 27.5. The molecule has 0 fully saturated rings. The molecule has 1 aromatic heterocycles. The number of fused-ring (bicyclic) bond motifs is 4. The van der Waals surface area contributed by atoms with Crippen LogP contribution in [-0.4, -0.2) is 4.57 Å². The first-order valence-corrected chi connectivity index (χ1v) is 18.2. The van der Waals surface area contributed by atoms with Crippen LogP contribution in [0.2, 0.25) is 0 Å². The zero-order valence-corrected chi connectivity index (χ0v) is 29.4. The van der Waals surface area contributed by atoms with E-state index in [1.54, 1.807) is 0 Å². The lowest BCUT2D eigenvalue weighted by Gasteiger charge is -2.26. The van der Waals surface area contributed by atoms with Crippen LogP contribution in [0, 0.1) is 0 Å². The molecule has 0 bridgehead atoms. The molecule has 254 valence electrons. The largest absolute Gasteiger partial charge is 0.311 e. The predicted octanol–water partition coefficient (Wildman–Crippen LogP) is 14.4. The van der Waals surface area contributed by atoms with Gasteiger partial charge < -0.3 is 9.47 Å². The molecule has 10 aromatic rings. The summed E-state index contributed by atoms with van der Waals surface area (Å²) in [6.45, 7) is 0. The number of aromatic nitrogens is 1. The molecule has 0 amide bonds. The molecule has 0 unspecified atom stereocenters. The van der Waals surface area contributed by atoms with E-state index in [0.717, 1.165) is 71.9 Å². The van der Waals surface area contributed by atoms with Gasteiger partial charge in [0.25, 0.3) is 0 Å². The van der Waals surface area contributed by atoms with Crippen LogP contribution >= 0.6 is 0 Å². The van der Waals surface area contributed by atoms with E-state index in [2.05, 4.69) is 89.5 Å². The van der Waals surface area contributed by atoms with Crippen LogP contribution in [0.15, 0.2) is 218 Å². The predicted molar refractivity (Wildman–Crippen MR) is 229 cm³/mol. The van der Waals surface area contributed by atoms with Gasteiger partial charge in [-0.1, -0.05) is 164 Å². The fraction of sp³-hybridized carbons (Fsp3) is 0. The normalized spacial score (nSPS) is 12.4. The topological polar surface area (TPSA) is 8.17 Å². The second kappa shape index (κ2) is 13.4. The molecular formula is C52H36N2. The van der Waals surface area contributed by atoms with Crippen LogP contribution in [0.5, 0.6) is 0 Å². The molecule has 9 aromatic carbocycles. The minimum atomic E-state index is -0.127. The van der Waals surface area contributed by atoms with Crippen molar-refractivity contribution in [1.82, 2.24) is 4.57 Å². The third-order valence-electron chi connectivity index (χ3n) is 10.3. The maximum Gasteiger partial charge on any atom is 0.0645 e. The third kappa shape index (κ3) is 5.53. The zero-order chi connectivity index (χ0) is 39.3. The van der Waals surface area contributed by atoms with E-state index in [-0.39, 0.29) is 35.4 Å². The number of hydrogen-bond acceptors (Lipinski definition) is 1. The second-order valence-electron chi connectivity index (χ2n) is 13.4. The van der Waals surface area contributed by atoms with Crippen LogP contribution in [0.1, 0.15) is 5.48 Å². The number of hydrogen-bond donors (Lipinski definition) is 0. The molecule has 0 aliphatic heterocycles. The molecule has 1 heterocycles. The van der Waals surface area contributed by atoms with Gasteiger partial charge in [-0.3, -0.25) is 0 Å². The lowest BCUT2D eigenvalue weighted by atomic mass is 9.98. The van der Waals surface area contributed by atoms with E-state index in [0.29, 0.717) is 5.56 Å². The lowest BCUT2D eigenvalue weighted by molar-refractivity contribution is 1.18. The van der Waals surface area contributed by atoms with E-state index in [4.69, 9.17) is 0 Å². The molecule has 0 aliphatic carbocycles. The smallest absolute Gasteiger partial charge is 0.0645 e. The zero-order valence-electron chi connectivity index (χ0n) is 33.4. The summed E-state index contributed by atoms with van der Waals surface area (Å²) in [4.78, 5) is 1.85. The van der Waals surface area contributed by atoms with Gasteiger partial charge in [-0.05, 0) is 93.1 Å². The molecule has 0 saturated carbocycles. The first-order chi connectivity index (χ1) is 28.5. The number of benzene rings is 9. The van der Waals surface area contributed by atoms with Crippen molar-refractivity contribution < 1.29 is 5.48 Å². The number of para-hydroxylation sites is 3. The van der Waals surface area contributed by atoms with Crippen molar-refractivity contribution in [3.05, 3.63) is 218 Å². The van der Waals surface area contributed by atoms with Crippen LogP contribution < -0.4 is 4.90 Å². The fourth-order valence-corrected chi connectivity index (χ4v) is 7.72. The monoisotopic (exact) mass is 692 g/mol. The van der Waals surface area contributed by atoms with Crippen LogP contribution in [0.4, 0.5) is 17.1 Å². The summed E-state index contributed by atoms with van der Waals surface area (Å²) in [5.41, 5.74) is 9.54. The molecule has 10 rings (SSSR count). The highest BCUT2D eigenvalue weighted by molar-refractivity contribution is 6.09. The maximum atomic E-state index is 9.66. The second-order valence-corrected chi connectivity index (χ2v) is 13.4. The third-order valence-corrected chi connectivity index (χ3v) is 10.3. The average molecular weight is 693 g/mol. The van der Waals surface area contributed by atoms with Crippen molar-refractivity contribution in [2.24, 2.45) is 0 Å². The van der Waals surface area contributed by atoms with Gasteiger partial charge in [0, 0.05) is 33.4 Å². The summed E-state index contributed by atoms with van der Waals surface area (Å²) in [6.07, 6.45) is 0. The Balaban J connectivity index is 1.15. The van der Waals surface area contributed by atoms with Gasteiger partial charge in [-0.15, -0.1) is 0 Å². The average Bonchev–Trinajstić information content (AvgIpc) is 3.62. The van der Waals surface area contributed by atoms with E-state index in [1.807, 2.05) is 114 Å².